The van der Waals surface area contributed by atoms with Gasteiger partial charge in [0.2, 0.25) is 0 Å². The van der Waals surface area contributed by atoms with Gasteiger partial charge in [0.1, 0.15) is 0 Å². The molecule has 1 aliphatic carbocycles. The molecule has 0 bridgehead atoms. The summed E-state index contributed by atoms with van der Waals surface area (Å²) in [6.45, 7) is 0. The molecule has 1 N–H and O–H groups in total. The number of aryl methyl sites for hydroxylation is 1. The van der Waals surface area contributed by atoms with Gasteiger partial charge in [-0.2, -0.15) is 5.10 Å². The van der Waals surface area contributed by atoms with Crippen molar-refractivity contribution in [3.8, 4) is 0 Å². The van der Waals surface area contributed by atoms with Crippen molar-refractivity contribution in [1.29, 1.82) is 0 Å². The molecule has 136 valence electrons. The van der Waals surface area contributed by atoms with Crippen LogP contribution in [0.25, 0.3) is 10.9 Å². The molecule has 5 nitrogen and oxygen atoms in total. The van der Waals surface area contributed by atoms with Crippen molar-refractivity contribution in [1.82, 2.24) is 9.78 Å². The SMILES string of the molecule is Cn1ncc2c(NS(=O)(=O)c3ccc(C4CCCCC4)cc3)cccc21. The Morgan fingerprint density at radius 1 is 1.04 bits per heavy atom. The monoisotopic (exact) mass is 369 g/mol. The van der Waals surface area contributed by atoms with Crippen LogP contribution in [0, 0.1) is 0 Å². The molecular weight excluding hydrogens is 346 g/mol. The predicted octanol–water partition coefficient (Wildman–Crippen LogP) is 4.42. The lowest BCUT2D eigenvalue weighted by Crippen LogP contribution is -2.13. The van der Waals surface area contributed by atoms with Crippen LogP contribution in [0.1, 0.15) is 43.6 Å². The fourth-order valence-electron chi connectivity index (χ4n) is 3.83. The third-order valence-electron chi connectivity index (χ3n) is 5.30. The van der Waals surface area contributed by atoms with Crippen molar-refractivity contribution >= 4 is 26.6 Å². The number of aromatic nitrogens is 2. The summed E-state index contributed by atoms with van der Waals surface area (Å²) >= 11 is 0. The summed E-state index contributed by atoms with van der Waals surface area (Å²) in [4.78, 5) is 0.290. The van der Waals surface area contributed by atoms with Gasteiger partial charge in [0, 0.05) is 12.4 Å². The number of hydrogen-bond acceptors (Lipinski definition) is 3. The fourth-order valence-corrected chi connectivity index (χ4v) is 4.90. The van der Waals surface area contributed by atoms with E-state index in [-0.39, 0.29) is 4.90 Å². The Kier molecular flexibility index (Phi) is 4.44. The first-order valence-corrected chi connectivity index (χ1v) is 10.6. The minimum Gasteiger partial charge on any atom is -0.279 e. The second-order valence-electron chi connectivity index (χ2n) is 7.02. The van der Waals surface area contributed by atoms with Crippen LogP contribution < -0.4 is 4.72 Å². The summed E-state index contributed by atoms with van der Waals surface area (Å²) in [6.07, 6.45) is 7.93. The highest BCUT2D eigenvalue weighted by molar-refractivity contribution is 7.92. The van der Waals surface area contributed by atoms with E-state index in [1.54, 1.807) is 29.1 Å². The molecule has 0 unspecified atom stereocenters. The molecule has 1 fully saturated rings. The zero-order valence-corrected chi connectivity index (χ0v) is 15.7. The highest BCUT2D eigenvalue weighted by Gasteiger charge is 2.19. The second kappa shape index (κ2) is 6.76. The van der Waals surface area contributed by atoms with Crippen molar-refractivity contribution in [2.75, 3.05) is 4.72 Å². The highest BCUT2D eigenvalue weighted by atomic mass is 32.2. The van der Waals surface area contributed by atoms with E-state index in [1.165, 1.54) is 37.7 Å². The van der Waals surface area contributed by atoms with Gasteiger partial charge < -0.3 is 0 Å². The summed E-state index contributed by atoms with van der Waals surface area (Å²) in [6, 6.07) is 12.9. The molecule has 0 aliphatic heterocycles. The molecule has 1 aliphatic rings. The molecule has 0 spiro atoms. The van der Waals surface area contributed by atoms with Crippen LogP contribution >= 0.6 is 0 Å². The first kappa shape index (κ1) is 17.1. The first-order valence-electron chi connectivity index (χ1n) is 9.08. The van der Waals surface area contributed by atoms with Gasteiger partial charge in [0.15, 0.2) is 0 Å². The number of rotatable bonds is 4. The van der Waals surface area contributed by atoms with Gasteiger partial charge in [-0.05, 0) is 48.6 Å². The fraction of sp³-hybridized carbons (Fsp3) is 0.350. The lowest BCUT2D eigenvalue weighted by atomic mass is 9.84. The summed E-state index contributed by atoms with van der Waals surface area (Å²) in [5.74, 6) is 0.567. The maximum Gasteiger partial charge on any atom is 0.261 e. The molecular formula is C20H23N3O2S. The second-order valence-corrected chi connectivity index (χ2v) is 8.70. The van der Waals surface area contributed by atoms with Crippen LogP contribution in [0.5, 0.6) is 0 Å². The van der Waals surface area contributed by atoms with Crippen LogP contribution in [0.15, 0.2) is 53.6 Å². The van der Waals surface area contributed by atoms with E-state index in [1.807, 2.05) is 31.3 Å². The van der Waals surface area contributed by atoms with Crippen LogP contribution in [-0.2, 0) is 17.1 Å². The van der Waals surface area contributed by atoms with Gasteiger partial charge in [-0.25, -0.2) is 8.42 Å². The Morgan fingerprint density at radius 3 is 2.50 bits per heavy atom. The average molecular weight is 369 g/mol. The first-order chi connectivity index (χ1) is 12.5. The van der Waals surface area contributed by atoms with E-state index in [0.29, 0.717) is 11.6 Å². The number of fused-ring (bicyclic) bond motifs is 1. The van der Waals surface area contributed by atoms with Gasteiger partial charge in [-0.15, -0.1) is 0 Å². The Morgan fingerprint density at radius 2 is 1.77 bits per heavy atom. The van der Waals surface area contributed by atoms with E-state index < -0.39 is 10.0 Å². The quantitative estimate of drug-likeness (QED) is 0.740. The lowest BCUT2D eigenvalue weighted by molar-refractivity contribution is 0.443. The van der Waals surface area contributed by atoms with E-state index in [9.17, 15) is 8.42 Å². The molecule has 4 rings (SSSR count). The van der Waals surface area contributed by atoms with E-state index >= 15 is 0 Å². The largest absolute Gasteiger partial charge is 0.279 e. The Hall–Kier alpha value is -2.34. The Bertz CT molecular complexity index is 1020. The summed E-state index contributed by atoms with van der Waals surface area (Å²) in [5, 5.41) is 4.99. The normalized spacial score (nSPS) is 16.0. The molecule has 1 heterocycles. The van der Waals surface area contributed by atoms with Gasteiger partial charge >= 0.3 is 0 Å². The Labute approximate surface area is 154 Å². The molecule has 1 aromatic heterocycles. The van der Waals surface area contributed by atoms with Gasteiger partial charge in [0.05, 0.1) is 22.3 Å². The standard InChI is InChI=1S/C20H23N3O2S/c1-23-20-9-5-8-19(18(20)14-21-23)22-26(24,25)17-12-10-16(11-13-17)15-6-3-2-4-7-15/h5,8-15,22H,2-4,6-7H2,1H3. The lowest BCUT2D eigenvalue weighted by Gasteiger charge is -2.22. The summed E-state index contributed by atoms with van der Waals surface area (Å²) in [5.41, 5.74) is 2.68. The number of nitrogens with one attached hydrogen (secondary N) is 1. The number of nitrogens with zero attached hydrogens (tertiary/aromatic N) is 2. The van der Waals surface area contributed by atoms with Crippen LogP contribution in [0.4, 0.5) is 5.69 Å². The number of sulfonamides is 1. The summed E-state index contributed by atoms with van der Waals surface area (Å²) in [7, 11) is -1.79. The van der Waals surface area contributed by atoms with Crippen LogP contribution in [0.2, 0.25) is 0 Å². The van der Waals surface area contributed by atoms with Crippen molar-refractivity contribution in [3.05, 3.63) is 54.2 Å². The van der Waals surface area contributed by atoms with Gasteiger partial charge in [-0.1, -0.05) is 37.5 Å². The number of hydrogen-bond donors (Lipinski definition) is 1. The van der Waals surface area contributed by atoms with Crippen LogP contribution in [0.3, 0.4) is 0 Å². The molecule has 2 aromatic carbocycles. The topological polar surface area (TPSA) is 64.0 Å². The third-order valence-corrected chi connectivity index (χ3v) is 6.68. The number of benzene rings is 2. The van der Waals surface area contributed by atoms with Gasteiger partial charge in [0.25, 0.3) is 10.0 Å². The molecule has 1 saturated carbocycles. The molecule has 0 saturated heterocycles. The third kappa shape index (κ3) is 3.21. The minimum atomic E-state index is -3.63. The predicted molar refractivity (Wildman–Crippen MR) is 104 cm³/mol. The maximum atomic E-state index is 12.8. The van der Waals surface area contributed by atoms with E-state index in [0.717, 1.165) is 10.9 Å². The molecule has 0 amide bonds. The molecule has 26 heavy (non-hydrogen) atoms. The van der Waals surface area contributed by atoms with Crippen molar-refractivity contribution < 1.29 is 8.42 Å². The van der Waals surface area contributed by atoms with E-state index in [2.05, 4.69) is 9.82 Å². The van der Waals surface area contributed by atoms with Crippen molar-refractivity contribution in [3.63, 3.8) is 0 Å². The summed E-state index contributed by atoms with van der Waals surface area (Å²) < 4.78 is 30.0. The molecule has 3 aromatic rings. The van der Waals surface area contributed by atoms with E-state index in [4.69, 9.17) is 0 Å². The zero-order chi connectivity index (χ0) is 18.1. The minimum absolute atomic E-state index is 0.290. The average Bonchev–Trinajstić information content (AvgIpc) is 3.05. The van der Waals surface area contributed by atoms with Crippen molar-refractivity contribution in [2.24, 2.45) is 7.05 Å². The smallest absolute Gasteiger partial charge is 0.261 e. The zero-order valence-electron chi connectivity index (χ0n) is 14.9. The van der Waals surface area contributed by atoms with Crippen LogP contribution in [-0.4, -0.2) is 18.2 Å². The molecule has 0 radical (unpaired) electrons. The highest BCUT2D eigenvalue weighted by Crippen LogP contribution is 2.33. The Balaban J connectivity index is 1.59. The van der Waals surface area contributed by atoms with Gasteiger partial charge in [-0.3, -0.25) is 9.40 Å². The van der Waals surface area contributed by atoms with Crippen molar-refractivity contribution in [2.45, 2.75) is 42.9 Å². The molecule has 6 heteroatoms. The maximum absolute atomic E-state index is 12.8. The molecule has 0 atom stereocenters. The number of anilines is 1.